The highest BCUT2D eigenvalue weighted by Crippen LogP contribution is 2.43. The number of non-ortho nitro benzene ring substituents is 1. The molecule has 0 bridgehead atoms. The molecule has 1 saturated carbocycles. The Balaban J connectivity index is 2.18. The molecular weight excluding hydrogens is 226 g/mol. The van der Waals surface area contributed by atoms with Gasteiger partial charge >= 0.3 is 6.16 Å². The van der Waals surface area contributed by atoms with E-state index in [-0.39, 0.29) is 11.6 Å². The lowest BCUT2D eigenvalue weighted by atomic mass is 10.1. The number of nitro groups is 1. The van der Waals surface area contributed by atoms with Crippen LogP contribution < -0.4 is 0 Å². The van der Waals surface area contributed by atoms with E-state index in [0.29, 0.717) is 5.56 Å². The summed E-state index contributed by atoms with van der Waals surface area (Å²) >= 11 is 0. The number of rotatable bonds is 4. The number of nitrogens with zero attached hydrogens (tertiary/aromatic N) is 1. The summed E-state index contributed by atoms with van der Waals surface area (Å²) < 4.78 is 4.81. The Labute approximate surface area is 97.0 Å². The molecule has 0 amide bonds. The molecule has 17 heavy (non-hydrogen) atoms. The SMILES string of the molecule is O=C(O)OC(c1ccc([N+](=O)[O-])cc1)C1CC1. The molecule has 0 aromatic heterocycles. The molecule has 6 nitrogen and oxygen atoms in total. The smallest absolute Gasteiger partial charge is 0.450 e. The van der Waals surface area contributed by atoms with Crippen LogP contribution in [0.3, 0.4) is 0 Å². The molecule has 0 radical (unpaired) electrons. The molecule has 6 heteroatoms. The summed E-state index contributed by atoms with van der Waals surface area (Å²) in [6.45, 7) is 0. The van der Waals surface area contributed by atoms with Crippen molar-refractivity contribution >= 4 is 11.8 Å². The van der Waals surface area contributed by atoms with Crippen LogP contribution in [0, 0.1) is 16.0 Å². The van der Waals surface area contributed by atoms with Crippen molar-refractivity contribution in [1.82, 2.24) is 0 Å². The van der Waals surface area contributed by atoms with Crippen LogP contribution in [0.5, 0.6) is 0 Å². The van der Waals surface area contributed by atoms with Gasteiger partial charge in [0.1, 0.15) is 6.10 Å². The van der Waals surface area contributed by atoms with Crippen LogP contribution in [-0.2, 0) is 4.74 Å². The van der Waals surface area contributed by atoms with E-state index in [1.54, 1.807) is 12.1 Å². The van der Waals surface area contributed by atoms with E-state index in [1.165, 1.54) is 12.1 Å². The van der Waals surface area contributed by atoms with Gasteiger partial charge in [-0.15, -0.1) is 0 Å². The first kappa shape index (κ1) is 11.4. The van der Waals surface area contributed by atoms with Crippen LogP contribution in [-0.4, -0.2) is 16.2 Å². The molecule has 90 valence electrons. The zero-order valence-corrected chi connectivity index (χ0v) is 8.91. The third-order valence-electron chi connectivity index (χ3n) is 2.71. The van der Waals surface area contributed by atoms with E-state index >= 15 is 0 Å². The van der Waals surface area contributed by atoms with E-state index in [9.17, 15) is 14.9 Å². The van der Waals surface area contributed by atoms with E-state index in [2.05, 4.69) is 0 Å². The lowest BCUT2D eigenvalue weighted by Gasteiger charge is -2.15. The standard InChI is InChI=1S/C11H11NO5/c13-11(14)17-10(7-1-2-7)8-3-5-9(6-4-8)12(15)16/h3-7,10H,1-2H2,(H,13,14). The van der Waals surface area contributed by atoms with Gasteiger partial charge in [0.15, 0.2) is 0 Å². The van der Waals surface area contributed by atoms with Gasteiger partial charge in [0.05, 0.1) is 4.92 Å². The minimum absolute atomic E-state index is 0.0152. The molecule has 0 aliphatic heterocycles. The molecule has 2 rings (SSSR count). The van der Waals surface area contributed by atoms with Gasteiger partial charge in [0, 0.05) is 18.1 Å². The summed E-state index contributed by atoms with van der Waals surface area (Å²) in [5.74, 6) is 0.201. The number of ether oxygens (including phenoxy) is 1. The first-order valence-electron chi connectivity index (χ1n) is 5.22. The first-order chi connectivity index (χ1) is 8.08. The predicted molar refractivity (Wildman–Crippen MR) is 57.7 cm³/mol. The van der Waals surface area contributed by atoms with Gasteiger partial charge in [-0.05, 0) is 30.5 Å². The van der Waals surface area contributed by atoms with Crippen LogP contribution >= 0.6 is 0 Å². The topological polar surface area (TPSA) is 89.7 Å². The Kier molecular flexibility index (Phi) is 2.95. The highest BCUT2D eigenvalue weighted by molar-refractivity contribution is 5.57. The minimum atomic E-state index is -1.32. The van der Waals surface area contributed by atoms with E-state index in [4.69, 9.17) is 9.84 Å². The molecule has 1 aromatic rings. The lowest BCUT2D eigenvalue weighted by molar-refractivity contribution is -0.384. The maximum atomic E-state index is 10.6. The Bertz CT molecular complexity index is 438. The fourth-order valence-electron chi connectivity index (χ4n) is 1.73. The Hall–Kier alpha value is -2.11. The molecule has 1 aliphatic rings. The van der Waals surface area contributed by atoms with Crippen LogP contribution in [0.4, 0.5) is 10.5 Å². The van der Waals surface area contributed by atoms with Gasteiger partial charge in [-0.1, -0.05) is 0 Å². The number of hydrogen-bond acceptors (Lipinski definition) is 4. The number of benzene rings is 1. The zero-order chi connectivity index (χ0) is 12.4. The monoisotopic (exact) mass is 237 g/mol. The summed E-state index contributed by atoms with van der Waals surface area (Å²) in [6, 6.07) is 5.81. The highest BCUT2D eigenvalue weighted by Gasteiger charge is 2.35. The molecule has 0 saturated heterocycles. The molecule has 1 fully saturated rings. The second-order valence-corrected chi connectivity index (χ2v) is 3.99. The molecule has 0 spiro atoms. The van der Waals surface area contributed by atoms with E-state index < -0.39 is 17.2 Å². The zero-order valence-electron chi connectivity index (χ0n) is 8.91. The highest BCUT2D eigenvalue weighted by atomic mass is 16.7. The van der Waals surface area contributed by atoms with Gasteiger partial charge in [-0.2, -0.15) is 0 Å². The lowest BCUT2D eigenvalue weighted by Crippen LogP contribution is -2.11. The molecule has 1 N–H and O–H groups in total. The molecule has 1 unspecified atom stereocenters. The summed E-state index contributed by atoms with van der Waals surface area (Å²) in [7, 11) is 0. The number of carboxylic acid groups (broad SMARTS) is 1. The maximum Gasteiger partial charge on any atom is 0.506 e. The molecular formula is C11H11NO5. The Morgan fingerprint density at radius 3 is 2.41 bits per heavy atom. The number of hydrogen-bond donors (Lipinski definition) is 1. The second kappa shape index (κ2) is 4.40. The van der Waals surface area contributed by atoms with E-state index in [1.807, 2.05) is 0 Å². The van der Waals surface area contributed by atoms with Crippen LogP contribution in [0.25, 0.3) is 0 Å². The van der Waals surface area contributed by atoms with Crippen molar-refractivity contribution in [2.45, 2.75) is 18.9 Å². The summed E-state index contributed by atoms with van der Waals surface area (Å²) in [5.41, 5.74) is 0.652. The molecule has 1 atom stereocenters. The number of nitro benzene ring substituents is 1. The van der Waals surface area contributed by atoms with Crippen molar-refractivity contribution in [1.29, 1.82) is 0 Å². The van der Waals surface area contributed by atoms with Crippen molar-refractivity contribution < 1.29 is 19.6 Å². The van der Waals surface area contributed by atoms with Gasteiger partial charge in [0.2, 0.25) is 0 Å². The predicted octanol–water partition coefficient (Wildman–Crippen LogP) is 2.74. The van der Waals surface area contributed by atoms with Crippen molar-refractivity contribution in [3.63, 3.8) is 0 Å². The fourth-order valence-corrected chi connectivity index (χ4v) is 1.73. The van der Waals surface area contributed by atoms with Gasteiger partial charge in [0.25, 0.3) is 5.69 Å². The number of carbonyl (C=O) groups is 1. The largest absolute Gasteiger partial charge is 0.506 e. The van der Waals surface area contributed by atoms with Crippen molar-refractivity contribution in [2.75, 3.05) is 0 Å². The van der Waals surface area contributed by atoms with Crippen molar-refractivity contribution in [3.8, 4) is 0 Å². The third-order valence-corrected chi connectivity index (χ3v) is 2.71. The quantitative estimate of drug-likeness (QED) is 0.494. The first-order valence-corrected chi connectivity index (χ1v) is 5.22. The fraction of sp³-hybridized carbons (Fsp3) is 0.364. The van der Waals surface area contributed by atoms with Crippen LogP contribution in [0.2, 0.25) is 0 Å². The molecule has 1 aromatic carbocycles. The van der Waals surface area contributed by atoms with E-state index in [0.717, 1.165) is 12.8 Å². The maximum absolute atomic E-state index is 10.6. The van der Waals surface area contributed by atoms with Crippen molar-refractivity contribution in [2.24, 2.45) is 5.92 Å². The Morgan fingerprint density at radius 2 is 2.00 bits per heavy atom. The molecule has 1 aliphatic carbocycles. The molecule has 0 heterocycles. The average Bonchev–Trinajstić information content (AvgIpc) is 3.09. The summed E-state index contributed by atoms with van der Waals surface area (Å²) in [4.78, 5) is 20.6. The van der Waals surface area contributed by atoms with Crippen molar-refractivity contribution in [3.05, 3.63) is 39.9 Å². The van der Waals surface area contributed by atoms with Crippen LogP contribution in [0.15, 0.2) is 24.3 Å². The summed E-state index contributed by atoms with van der Waals surface area (Å²) in [5, 5.41) is 19.1. The average molecular weight is 237 g/mol. The van der Waals surface area contributed by atoms with Gasteiger partial charge in [-0.3, -0.25) is 10.1 Å². The normalized spacial score (nSPS) is 16.2. The van der Waals surface area contributed by atoms with Crippen LogP contribution in [0.1, 0.15) is 24.5 Å². The second-order valence-electron chi connectivity index (χ2n) is 3.99. The third kappa shape index (κ3) is 2.72. The Morgan fingerprint density at radius 1 is 1.41 bits per heavy atom. The summed E-state index contributed by atoms with van der Waals surface area (Å²) in [6.07, 6.45) is 0.0256. The van der Waals surface area contributed by atoms with Gasteiger partial charge in [-0.25, -0.2) is 4.79 Å². The minimum Gasteiger partial charge on any atom is -0.450 e. The van der Waals surface area contributed by atoms with Gasteiger partial charge < -0.3 is 9.84 Å².